The van der Waals surface area contributed by atoms with Crippen molar-refractivity contribution < 1.29 is 22.7 Å². The quantitative estimate of drug-likeness (QED) is 0.910. The third-order valence-corrected chi connectivity index (χ3v) is 3.56. The van der Waals surface area contributed by atoms with Crippen LogP contribution in [-0.4, -0.2) is 25.0 Å². The van der Waals surface area contributed by atoms with E-state index in [-0.39, 0.29) is 5.82 Å². The van der Waals surface area contributed by atoms with Crippen molar-refractivity contribution in [1.29, 1.82) is 0 Å². The van der Waals surface area contributed by atoms with Gasteiger partial charge < -0.3 is 5.11 Å². The van der Waals surface area contributed by atoms with Crippen LogP contribution in [0.1, 0.15) is 32.1 Å². The molecule has 0 aliphatic heterocycles. The lowest BCUT2D eigenvalue weighted by Crippen LogP contribution is -2.38. The van der Waals surface area contributed by atoms with Crippen LogP contribution in [0.25, 0.3) is 0 Å². The van der Waals surface area contributed by atoms with Crippen LogP contribution in [0.2, 0.25) is 0 Å². The van der Waals surface area contributed by atoms with E-state index < -0.39 is 22.0 Å². The molecule has 110 valence electrons. The van der Waals surface area contributed by atoms with Gasteiger partial charge in [-0.2, -0.15) is 12.8 Å². The summed E-state index contributed by atoms with van der Waals surface area (Å²) in [5.74, 6) is -1.31. The Balaban J connectivity index is 0.000000240. The van der Waals surface area contributed by atoms with E-state index in [0.29, 0.717) is 12.8 Å². The third kappa shape index (κ3) is 5.08. The van der Waals surface area contributed by atoms with E-state index in [9.17, 15) is 17.6 Å². The van der Waals surface area contributed by atoms with Crippen LogP contribution in [0.3, 0.4) is 0 Å². The molecule has 0 amide bonds. The van der Waals surface area contributed by atoms with Crippen molar-refractivity contribution in [2.45, 2.75) is 37.6 Å². The molecule has 1 aromatic rings. The molecule has 1 aliphatic rings. The summed E-state index contributed by atoms with van der Waals surface area (Å²) in [6.45, 7) is 0. The summed E-state index contributed by atoms with van der Waals surface area (Å²) in [5, 5.41) is 8.87. The Kier molecular flexibility index (Phi) is 6.30. The predicted octanol–water partition coefficient (Wildman–Crippen LogP) is 2.66. The Labute approximate surface area is 118 Å². The van der Waals surface area contributed by atoms with Gasteiger partial charge in [-0.05, 0) is 25.0 Å². The van der Waals surface area contributed by atoms with Crippen LogP contribution < -0.4 is 0 Å². The summed E-state index contributed by atoms with van der Waals surface area (Å²) < 4.78 is 35.9. The van der Waals surface area contributed by atoms with Crippen LogP contribution in [0.5, 0.6) is 0 Å². The Morgan fingerprint density at radius 3 is 2.05 bits per heavy atom. The number of nitrogens with zero attached hydrogens (tertiary/aromatic N) is 1. The molecule has 2 rings (SSSR count). The molecule has 1 N–H and O–H groups in total. The van der Waals surface area contributed by atoms with Crippen molar-refractivity contribution in [3.05, 3.63) is 36.1 Å². The van der Waals surface area contributed by atoms with Gasteiger partial charge in [0.25, 0.3) is 0 Å². The van der Waals surface area contributed by atoms with Crippen molar-refractivity contribution >= 4 is 16.5 Å². The Hall–Kier alpha value is -1.76. The number of carbonyl (C=O) groups is 1. The Bertz CT molecular complexity index is 557. The van der Waals surface area contributed by atoms with Crippen LogP contribution in [0, 0.1) is 5.82 Å². The second-order valence-corrected chi connectivity index (χ2v) is 5.12. The lowest BCUT2D eigenvalue weighted by atomic mass is 9.83. The standard InChI is InChI=1S/C7H11NO4S.C6H5F/c9-6(10)7(8-13(11)12)4-2-1-3-5-7;7-6-4-2-1-3-5-6/h1-5H2,(H,9,10);1-5H. The lowest BCUT2D eigenvalue weighted by Gasteiger charge is -2.26. The summed E-state index contributed by atoms with van der Waals surface area (Å²) >= 11 is 0. The number of hydrogen-bond acceptors (Lipinski definition) is 4. The summed E-state index contributed by atoms with van der Waals surface area (Å²) in [6, 6.07) is 7.94. The zero-order chi connectivity index (χ0) is 15.0. The minimum Gasteiger partial charge on any atom is -0.479 e. The number of carboxylic acid groups (broad SMARTS) is 1. The molecule has 0 heterocycles. The first kappa shape index (κ1) is 16.3. The van der Waals surface area contributed by atoms with Crippen LogP contribution >= 0.6 is 0 Å². The maximum Gasteiger partial charge on any atom is 0.332 e. The summed E-state index contributed by atoms with van der Waals surface area (Å²) in [6.07, 6.45) is 3.07. The number of aliphatic carboxylic acids is 1. The largest absolute Gasteiger partial charge is 0.479 e. The number of carboxylic acids is 1. The molecule has 1 aromatic carbocycles. The van der Waals surface area contributed by atoms with Gasteiger partial charge in [-0.3, -0.25) is 0 Å². The molecule has 1 fully saturated rings. The van der Waals surface area contributed by atoms with Gasteiger partial charge in [-0.15, -0.1) is 0 Å². The van der Waals surface area contributed by atoms with Crippen molar-refractivity contribution in [3.63, 3.8) is 0 Å². The van der Waals surface area contributed by atoms with Gasteiger partial charge in [-0.25, -0.2) is 9.18 Å². The molecule has 0 bridgehead atoms. The fourth-order valence-electron chi connectivity index (χ4n) is 2.04. The van der Waals surface area contributed by atoms with Gasteiger partial charge in [0.1, 0.15) is 5.82 Å². The molecular weight excluding hydrogens is 285 g/mol. The third-order valence-electron chi connectivity index (χ3n) is 3.06. The normalized spacial score (nSPS) is 16.4. The molecule has 0 atom stereocenters. The first-order chi connectivity index (χ1) is 9.46. The number of benzene rings is 1. The fraction of sp³-hybridized carbons (Fsp3) is 0.462. The highest BCUT2D eigenvalue weighted by atomic mass is 32.2. The molecule has 0 spiro atoms. The Morgan fingerprint density at radius 2 is 1.70 bits per heavy atom. The molecule has 0 radical (unpaired) electrons. The monoisotopic (exact) mass is 301 g/mol. The van der Waals surface area contributed by atoms with Gasteiger partial charge in [0.05, 0.1) is 0 Å². The van der Waals surface area contributed by atoms with Crippen molar-refractivity contribution in [1.82, 2.24) is 0 Å². The van der Waals surface area contributed by atoms with Gasteiger partial charge in [-0.1, -0.05) is 37.5 Å². The zero-order valence-corrected chi connectivity index (χ0v) is 11.6. The van der Waals surface area contributed by atoms with Crippen molar-refractivity contribution in [2.24, 2.45) is 4.36 Å². The maximum absolute atomic E-state index is 11.9. The smallest absolute Gasteiger partial charge is 0.332 e. The van der Waals surface area contributed by atoms with Crippen molar-refractivity contribution in [3.8, 4) is 0 Å². The number of rotatable bonds is 2. The van der Waals surface area contributed by atoms with Gasteiger partial charge >= 0.3 is 16.5 Å². The van der Waals surface area contributed by atoms with Gasteiger partial charge in [0, 0.05) is 0 Å². The summed E-state index contributed by atoms with van der Waals surface area (Å²) in [5.41, 5.74) is -1.37. The highest BCUT2D eigenvalue weighted by molar-refractivity contribution is 7.61. The molecule has 20 heavy (non-hydrogen) atoms. The average Bonchev–Trinajstić information content (AvgIpc) is 2.40. The molecule has 5 nitrogen and oxygen atoms in total. The lowest BCUT2D eigenvalue weighted by molar-refractivity contribution is -0.144. The predicted molar refractivity (Wildman–Crippen MR) is 71.2 cm³/mol. The highest BCUT2D eigenvalue weighted by Gasteiger charge is 2.40. The molecule has 1 aliphatic carbocycles. The second kappa shape index (κ2) is 7.74. The SMILES string of the molecule is Fc1ccccc1.O=C(O)C1(N=S(=O)=O)CCCCC1. The minimum absolute atomic E-state index is 0.178. The minimum atomic E-state index is -2.63. The number of hydrogen-bond donors (Lipinski definition) is 1. The van der Waals surface area contributed by atoms with E-state index in [4.69, 9.17) is 5.11 Å². The number of halogens is 1. The highest BCUT2D eigenvalue weighted by Crippen LogP contribution is 2.31. The molecule has 0 aromatic heterocycles. The van der Waals surface area contributed by atoms with Crippen LogP contribution in [-0.2, 0) is 15.3 Å². The van der Waals surface area contributed by atoms with E-state index >= 15 is 0 Å². The summed E-state index contributed by atoms with van der Waals surface area (Å²) in [4.78, 5) is 10.8. The second-order valence-electron chi connectivity index (χ2n) is 4.50. The molecule has 7 heteroatoms. The van der Waals surface area contributed by atoms with E-state index in [1.807, 2.05) is 0 Å². The van der Waals surface area contributed by atoms with Gasteiger partial charge in [0.2, 0.25) is 0 Å². The van der Waals surface area contributed by atoms with E-state index in [1.165, 1.54) is 12.1 Å². The molecule has 0 unspecified atom stereocenters. The fourth-order valence-corrected chi connectivity index (χ4v) is 2.58. The van der Waals surface area contributed by atoms with Crippen molar-refractivity contribution in [2.75, 3.05) is 0 Å². The summed E-state index contributed by atoms with van der Waals surface area (Å²) in [7, 11) is -2.63. The maximum atomic E-state index is 11.9. The van der Waals surface area contributed by atoms with E-state index in [2.05, 4.69) is 4.36 Å². The molecular formula is C13H16FNO4S. The topological polar surface area (TPSA) is 83.8 Å². The van der Waals surface area contributed by atoms with E-state index in [1.54, 1.807) is 18.2 Å². The van der Waals surface area contributed by atoms with Gasteiger partial charge in [0.15, 0.2) is 5.54 Å². The molecule has 0 saturated heterocycles. The molecule has 1 saturated carbocycles. The van der Waals surface area contributed by atoms with Crippen LogP contribution in [0.15, 0.2) is 34.7 Å². The zero-order valence-electron chi connectivity index (χ0n) is 10.8. The van der Waals surface area contributed by atoms with Crippen LogP contribution in [0.4, 0.5) is 4.39 Å². The first-order valence-corrected chi connectivity index (χ1v) is 7.26. The Morgan fingerprint density at radius 1 is 1.15 bits per heavy atom. The van der Waals surface area contributed by atoms with E-state index in [0.717, 1.165) is 19.3 Å². The first-order valence-electron chi connectivity index (χ1n) is 6.22. The average molecular weight is 301 g/mol.